The van der Waals surface area contributed by atoms with E-state index in [-0.39, 0.29) is 6.04 Å². The van der Waals surface area contributed by atoms with Gasteiger partial charge in [0.05, 0.1) is 6.04 Å². The molecule has 0 spiro atoms. The van der Waals surface area contributed by atoms with Gasteiger partial charge in [0.2, 0.25) is 0 Å². The van der Waals surface area contributed by atoms with E-state index in [2.05, 4.69) is 30.1 Å². The largest absolute Gasteiger partial charge is 0.301 e. The zero-order chi connectivity index (χ0) is 10.8. The van der Waals surface area contributed by atoms with Crippen molar-refractivity contribution in [1.82, 2.24) is 10.2 Å². The fourth-order valence-electron chi connectivity index (χ4n) is 3.12. The third-order valence-corrected chi connectivity index (χ3v) is 4.14. The number of hydrogen-bond acceptors (Lipinski definition) is 2. The van der Waals surface area contributed by atoms with Gasteiger partial charge in [-0.3, -0.25) is 0 Å². The number of nitrogens with one attached hydrogen (secondary N) is 1. The minimum absolute atomic E-state index is 0.276. The second-order valence-electron chi connectivity index (χ2n) is 5.01. The maximum absolute atomic E-state index is 5.49. The van der Waals surface area contributed by atoms with E-state index < -0.39 is 0 Å². The molecule has 0 aromatic carbocycles. The average molecular weight is 206 g/mol. The third-order valence-electron chi connectivity index (χ3n) is 4.14. The fourth-order valence-corrected chi connectivity index (χ4v) is 3.12. The van der Waals surface area contributed by atoms with Crippen molar-refractivity contribution >= 4 is 0 Å². The van der Waals surface area contributed by atoms with Crippen LogP contribution in [-0.2, 0) is 0 Å². The summed E-state index contributed by atoms with van der Waals surface area (Å²) in [6.07, 6.45) is 11.9. The van der Waals surface area contributed by atoms with Gasteiger partial charge in [-0.15, -0.1) is 6.42 Å². The van der Waals surface area contributed by atoms with E-state index in [9.17, 15) is 0 Å². The lowest BCUT2D eigenvalue weighted by Gasteiger charge is -2.37. The molecule has 2 saturated heterocycles. The molecule has 2 aliphatic heterocycles. The normalized spacial score (nSPS) is 37.5. The van der Waals surface area contributed by atoms with Gasteiger partial charge in [0, 0.05) is 18.1 Å². The second kappa shape index (κ2) is 4.55. The Hall–Kier alpha value is -0.520. The Balaban J connectivity index is 1.89. The Kier molecular flexibility index (Phi) is 3.33. The first-order chi connectivity index (χ1) is 7.24. The van der Waals surface area contributed by atoms with Gasteiger partial charge >= 0.3 is 0 Å². The molecule has 0 saturated carbocycles. The molecule has 1 N–H and O–H groups in total. The van der Waals surface area contributed by atoms with Gasteiger partial charge in [-0.1, -0.05) is 12.8 Å². The van der Waals surface area contributed by atoms with Crippen molar-refractivity contribution in [2.24, 2.45) is 0 Å². The minimum atomic E-state index is 0.276. The first kappa shape index (κ1) is 11.0. The average Bonchev–Trinajstić information content (AvgIpc) is 2.50. The number of nitrogens with zero attached hydrogens (tertiary/aromatic N) is 1. The van der Waals surface area contributed by atoms with Crippen molar-refractivity contribution in [2.75, 3.05) is 7.05 Å². The molecule has 3 unspecified atom stereocenters. The van der Waals surface area contributed by atoms with Crippen LogP contribution in [0.1, 0.15) is 39.0 Å². The number of hydrogen-bond donors (Lipinski definition) is 1. The summed E-state index contributed by atoms with van der Waals surface area (Å²) in [4.78, 5) is 2.56. The van der Waals surface area contributed by atoms with Crippen LogP contribution in [-0.4, -0.2) is 36.1 Å². The van der Waals surface area contributed by atoms with Crippen molar-refractivity contribution in [3.63, 3.8) is 0 Å². The lowest BCUT2D eigenvalue weighted by molar-refractivity contribution is 0.146. The third kappa shape index (κ3) is 2.19. The Bertz CT molecular complexity index is 242. The molecule has 84 valence electrons. The molecule has 2 bridgehead atoms. The molecule has 3 atom stereocenters. The topological polar surface area (TPSA) is 15.3 Å². The summed E-state index contributed by atoms with van der Waals surface area (Å²) >= 11 is 0. The van der Waals surface area contributed by atoms with Gasteiger partial charge in [-0.2, -0.15) is 0 Å². The standard InChI is InChI=1S/C13H22N2/c1-4-10(5-2)14-11-8-12-6-7-13(9-11)15(12)3/h1,10-14H,5-9H2,2-3H3. The smallest absolute Gasteiger partial charge is 0.0686 e. The lowest BCUT2D eigenvalue weighted by atomic mass is 9.97. The van der Waals surface area contributed by atoms with Crippen molar-refractivity contribution in [3.8, 4) is 12.3 Å². The van der Waals surface area contributed by atoms with Crippen LogP contribution >= 0.6 is 0 Å². The molecule has 0 aromatic rings. The zero-order valence-electron chi connectivity index (χ0n) is 9.87. The monoisotopic (exact) mass is 206 g/mol. The summed E-state index contributed by atoms with van der Waals surface area (Å²) in [6, 6.07) is 2.53. The van der Waals surface area contributed by atoms with E-state index in [1.807, 2.05) is 0 Å². The number of rotatable bonds is 3. The number of fused-ring (bicyclic) bond motifs is 2. The molecule has 0 amide bonds. The van der Waals surface area contributed by atoms with E-state index >= 15 is 0 Å². The van der Waals surface area contributed by atoms with Crippen LogP contribution in [0.2, 0.25) is 0 Å². The van der Waals surface area contributed by atoms with E-state index in [1.165, 1.54) is 25.7 Å². The fraction of sp³-hybridized carbons (Fsp3) is 0.846. The number of terminal acetylenes is 1. The minimum Gasteiger partial charge on any atom is -0.301 e. The Labute approximate surface area is 93.4 Å². The molecule has 2 aliphatic rings. The SMILES string of the molecule is C#CC(CC)NC1CC2CCC(C1)N2C. The van der Waals surface area contributed by atoms with Gasteiger partial charge in [0.25, 0.3) is 0 Å². The maximum Gasteiger partial charge on any atom is 0.0686 e. The van der Waals surface area contributed by atoms with Crippen molar-refractivity contribution in [2.45, 2.75) is 63.2 Å². The van der Waals surface area contributed by atoms with Gasteiger partial charge in [-0.25, -0.2) is 0 Å². The summed E-state index contributed by atoms with van der Waals surface area (Å²) in [5.74, 6) is 2.84. The first-order valence-corrected chi connectivity index (χ1v) is 6.18. The highest BCUT2D eigenvalue weighted by Crippen LogP contribution is 2.34. The van der Waals surface area contributed by atoms with Crippen LogP contribution in [0.25, 0.3) is 0 Å². The molecule has 0 aromatic heterocycles. The highest BCUT2D eigenvalue weighted by atomic mass is 15.2. The van der Waals surface area contributed by atoms with Crippen molar-refractivity contribution < 1.29 is 0 Å². The Morgan fingerprint density at radius 2 is 2.00 bits per heavy atom. The molecule has 2 nitrogen and oxygen atoms in total. The van der Waals surface area contributed by atoms with Crippen LogP contribution in [0.4, 0.5) is 0 Å². The first-order valence-electron chi connectivity index (χ1n) is 6.18. The van der Waals surface area contributed by atoms with Gasteiger partial charge in [0.1, 0.15) is 0 Å². The van der Waals surface area contributed by atoms with Crippen LogP contribution in [0.3, 0.4) is 0 Å². The summed E-state index contributed by atoms with van der Waals surface area (Å²) in [7, 11) is 2.27. The van der Waals surface area contributed by atoms with E-state index in [4.69, 9.17) is 6.42 Å². The second-order valence-corrected chi connectivity index (χ2v) is 5.01. The van der Waals surface area contributed by atoms with E-state index in [0.29, 0.717) is 6.04 Å². The lowest BCUT2D eigenvalue weighted by Crippen LogP contribution is -2.49. The van der Waals surface area contributed by atoms with Gasteiger partial charge < -0.3 is 10.2 Å². The van der Waals surface area contributed by atoms with Crippen molar-refractivity contribution in [3.05, 3.63) is 0 Å². The quantitative estimate of drug-likeness (QED) is 0.706. The van der Waals surface area contributed by atoms with E-state index in [0.717, 1.165) is 18.5 Å². The predicted molar refractivity (Wildman–Crippen MR) is 63.6 cm³/mol. The predicted octanol–water partition coefficient (Wildman–Crippen LogP) is 1.61. The molecular weight excluding hydrogens is 184 g/mol. The number of piperidine rings is 1. The molecule has 15 heavy (non-hydrogen) atoms. The van der Waals surface area contributed by atoms with E-state index in [1.54, 1.807) is 0 Å². The van der Waals surface area contributed by atoms with Crippen LogP contribution in [0, 0.1) is 12.3 Å². The summed E-state index contributed by atoms with van der Waals surface area (Å²) < 4.78 is 0. The molecule has 0 radical (unpaired) electrons. The molecule has 2 heterocycles. The van der Waals surface area contributed by atoms with Crippen LogP contribution in [0.5, 0.6) is 0 Å². The Morgan fingerprint density at radius 3 is 2.47 bits per heavy atom. The molecule has 2 heteroatoms. The van der Waals surface area contributed by atoms with Gasteiger partial charge in [0.15, 0.2) is 0 Å². The Morgan fingerprint density at radius 1 is 1.40 bits per heavy atom. The molecule has 0 aliphatic carbocycles. The molecular formula is C13H22N2. The summed E-state index contributed by atoms with van der Waals surface area (Å²) in [5, 5.41) is 3.61. The summed E-state index contributed by atoms with van der Waals surface area (Å²) in [6.45, 7) is 2.15. The van der Waals surface area contributed by atoms with Gasteiger partial charge in [-0.05, 0) is 39.2 Å². The maximum atomic E-state index is 5.49. The molecule has 2 rings (SSSR count). The highest BCUT2D eigenvalue weighted by molar-refractivity contribution is 5.02. The van der Waals surface area contributed by atoms with Crippen molar-refractivity contribution in [1.29, 1.82) is 0 Å². The highest BCUT2D eigenvalue weighted by Gasteiger charge is 2.38. The zero-order valence-corrected chi connectivity index (χ0v) is 9.87. The van der Waals surface area contributed by atoms with Crippen LogP contribution < -0.4 is 5.32 Å². The molecule has 2 fully saturated rings. The van der Waals surface area contributed by atoms with Crippen LogP contribution in [0.15, 0.2) is 0 Å². The summed E-state index contributed by atoms with van der Waals surface area (Å²) in [5.41, 5.74) is 0.